The molecule has 0 saturated carbocycles. The summed E-state index contributed by atoms with van der Waals surface area (Å²) in [6.07, 6.45) is -4.28. The summed E-state index contributed by atoms with van der Waals surface area (Å²) >= 11 is 0. The van der Waals surface area contributed by atoms with Gasteiger partial charge in [0.15, 0.2) is 0 Å². The summed E-state index contributed by atoms with van der Waals surface area (Å²) in [5.41, 5.74) is 0. The van der Waals surface area contributed by atoms with E-state index in [1.165, 1.54) is 0 Å². The van der Waals surface area contributed by atoms with Crippen LogP contribution in [0.2, 0.25) is 0 Å². The van der Waals surface area contributed by atoms with E-state index in [1.807, 2.05) is 0 Å². The molecule has 114 valence electrons. The van der Waals surface area contributed by atoms with Crippen LogP contribution in [0.5, 0.6) is 11.5 Å². The molecule has 0 saturated heterocycles. The molecule has 0 radical (unpaired) electrons. The van der Waals surface area contributed by atoms with E-state index in [9.17, 15) is 13.2 Å². The van der Waals surface area contributed by atoms with Gasteiger partial charge in [0.2, 0.25) is 0 Å². The van der Waals surface area contributed by atoms with Gasteiger partial charge in [0, 0.05) is 13.1 Å². The van der Waals surface area contributed by atoms with Gasteiger partial charge in [0.25, 0.3) is 0 Å². The molecule has 0 aliphatic carbocycles. The van der Waals surface area contributed by atoms with E-state index in [-0.39, 0.29) is 26.3 Å². The van der Waals surface area contributed by atoms with Gasteiger partial charge in [-0.1, -0.05) is 0 Å². The van der Waals surface area contributed by atoms with E-state index in [0.29, 0.717) is 11.5 Å². The Morgan fingerprint density at radius 3 is 2.20 bits per heavy atom. The maximum atomic E-state index is 12.3. The van der Waals surface area contributed by atoms with Gasteiger partial charge in [-0.3, -0.25) is 4.90 Å². The van der Waals surface area contributed by atoms with Crippen molar-refractivity contribution in [3.05, 3.63) is 24.3 Å². The molecule has 0 heterocycles. The molecule has 1 aromatic rings. The zero-order chi connectivity index (χ0) is 15.0. The van der Waals surface area contributed by atoms with Crippen molar-refractivity contribution in [1.82, 2.24) is 4.90 Å². The number of hydrogen-bond donors (Lipinski definition) is 1. The van der Waals surface area contributed by atoms with Crippen LogP contribution in [-0.2, 0) is 0 Å². The maximum Gasteiger partial charge on any atom is 0.401 e. The summed E-state index contributed by atoms with van der Waals surface area (Å²) in [5.74, 6) is 1.23. The SMILES string of the molecule is COc1ccc(OCCN(CCO)CC(F)(F)F)cc1. The van der Waals surface area contributed by atoms with Gasteiger partial charge < -0.3 is 14.6 Å². The first-order valence-corrected chi connectivity index (χ1v) is 6.11. The van der Waals surface area contributed by atoms with Crippen molar-refractivity contribution in [1.29, 1.82) is 0 Å². The molecule has 1 aromatic carbocycles. The number of halogens is 3. The number of methoxy groups -OCH3 is 1. The van der Waals surface area contributed by atoms with Crippen LogP contribution in [0, 0.1) is 0 Å². The first-order chi connectivity index (χ1) is 9.44. The molecule has 0 aliphatic rings. The lowest BCUT2D eigenvalue weighted by molar-refractivity contribution is -0.147. The van der Waals surface area contributed by atoms with Gasteiger partial charge in [0.05, 0.1) is 20.3 Å². The van der Waals surface area contributed by atoms with Crippen LogP contribution in [0.25, 0.3) is 0 Å². The fourth-order valence-electron chi connectivity index (χ4n) is 1.63. The normalized spacial score (nSPS) is 11.7. The predicted molar refractivity (Wildman–Crippen MR) is 68.1 cm³/mol. The van der Waals surface area contributed by atoms with Crippen LogP contribution in [0.4, 0.5) is 13.2 Å². The zero-order valence-electron chi connectivity index (χ0n) is 11.2. The molecule has 0 unspecified atom stereocenters. The predicted octanol–water partition coefficient (Wildman–Crippen LogP) is 1.93. The highest BCUT2D eigenvalue weighted by atomic mass is 19.4. The largest absolute Gasteiger partial charge is 0.497 e. The molecule has 0 bridgehead atoms. The van der Waals surface area contributed by atoms with E-state index in [4.69, 9.17) is 14.6 Å². The topological polar surface area (TPSA) is 41.9 Å². The Hall–Kier alpha value is -1.47. The van der Waals surface area contributed by atoms with Gasteiger partial charge in [-0.25, -0.2) is 0 Å². The fraction of sp³-hybridized carbons (Fsp3) is 0.538. The van der Waals surface area contributed by atoms with Crippen molar-refractivity contribution < 1.29 is 27.8 Å². The summed E-state index contributed by atoms with van der Waals surface area (Å²) in [7, 11) is 1.54. The van der Waals surface area contributed by atoms with Gasteiger partial charge in [0.1, 0.15) is 18.1 Å². The Labute approximate surface area is 115 Å². The van der Waals surface area contributed by atoms with Crippen LogP contribution in [0.3, 0.4) is 0 Å². The minimum Gasteiger partial charge on any atom is -0.497 e. The van der Waals surface area contributed by atoms with E-state index in [1.54, 1.807) is 31.4 Å². The molecule has 1 N–H and O–H groups in total. The average Bonchev–Trinajstić information content (AvgIpc) is 2.38. The highest BCUT2D eigenvalue weighted by molar-refractivity contribution is 5.31. The molecular formula is C13H18F3NO3. The summed E-state index contributed by atoms with van der Waals surface area (Å²) in [4.78, 5) is 1.10. The van der Waals surface area contributed by atoms with Crippen molar-refractivity contribution in [3.8, 4) is 11.5 Å². The second kappa shape index (κ2) is 7.96. The zero-order valence-corrected chi connectivity index (χ0v) is 11.2. The number of hydrogen-bond acceptors (Lipinski definition) is 4. The van der Waals surface area contributed by atoms with E-state index in [0.717, 1.165) is 4.90 Å². The van der Waals surface area contributed by atoms with E-state index in [2.05, 4.69) is 0 Å². The number of aliphatic hydroxyl groups is 1. The van der Waals surface area contributed by atoms with Crippen molar-refractivity contribution in [2.45, 2.75) is 6.18 Å². The van der Waals surface area contributed by atoms with Crippen molar-refractivity contribution in [2.24, 2.45) is 0 Å². The Kier molecular flexibility index (Phi) is 6.60. The third kappa shape index (κ3) is 6.63. The second-order valence-electron chi connectivity index (χ2n) is 4.14. The molecule has 0 aliphatic heterocycles. The summed E-state index contributed by atoms with van der Waals surface area (Å²) in [6.45, 7) is -1.21. The maximum absolute atomic E-state index is 12.3. The van der Waals surface area contributed by atoms with E-state index < -0.39 is 12.7 Å². The Balaban J connectivity index is 2.39. The lowest BCUT2D eigenvalue weighted by atomic mass is 10.3. The molecule has 4 nitrogen and oxygen atoms in total. The quantitative estimate of drug-likeness (QED) is 0.795. The molecule has 1 rings (SSSR count). The number of rotatable bonds is 8. The van der Waals surface area contributed by atoms with Crippen LogP contribution >= 0.6 is 0 Å². The highest BCUT2D eigenvalue weighted by Gasteiger charge is 2.30. The van der Waals surface area contributed by atoms with Gasteiger partial charge in [-0.2, -0.15) is 13.2 Å². The Morgan fingerprint density at radius 2 is 1.70 bits per heavy atom. The van der Waals surface area contributed by atoms with Crippen LogP contribution in [-0.4, -0.2) is 56.1 Å². The van der Waals surface area contributed by atoms with Gasteiger partial charge >= 0.3 is 6.18 Å². The minimum absolute atomic E-state index is 0.0362. The van der Waals surface area contributed by atoms with E-state index >= 15 is 0 Å². The highest BCUT2D eigenvalue weighted by Crippen LogP contribution is 2.18. The molecule has 0 aromatic heterocycles. The monoisotopic (exact) mass is 293 g/mol. The number of alkyl halides is 3. The van der Waals surface area contributed by atoms with Crippen molar-refractivity contribution >= 4 is 0 Å². The molecule has 0 amide bonds. The summed E-state index contributed by atoms with van der Waals surface area (Å²) in [6, 6.07) is 6.77. The molecule has 7 heteroatoms. The van der Waals surface area contributed by atoms with Crippen LogP contribution < -0.4 is 9.47 Å². The molecule has 0 fully saturated rings. The smallest absolute Gasteiger partial charge is 0.401 e. The lowest BCUT2D eigenvalue weighted by Gasteiger charge is -2.22. The summed E-state index contributed by atoms with van der Waals surface area (Å²) in [5, 5.41) is 8.74. The third-order valence-electron chi connectivity index (χ3n) is 2.55. The van der Waals surface area contributed by atoms with Gasteiger partial charge in [-0.05, 0) is 24.3 Å². The number of ether oxygens (including phenoxy) is 2. The molecule has 0 spiro atoms. The first-order valence-electron chi connectivity index (χ1n) is 6.11. The van der Waals surface area contributed by atoms with Crippen LogP contribution in [0.1, 0.15) is 0 Å². The minimum atomic E-state index is -4.28. The average molecular weight is 293 g/mol. The number of aliphatic hydroxyl groups excluding tert-OH is 1. The standard InChI is InChI=1S/C13H18F3NO3/c1-19-11-2-4-12(5-3-11)20-9-7-17(6-8-18)10-13(14,15)16/h2-5,18H,6-10H2,1H3. The summed E-state index contributed by atoms with van der Waals surface area (Å²) < 4.78 is 47.2. The fourth-order valence-corrected chi connectivity index (χ4v) is 1.63. The van der Waals surface area contributed by atoms with Crippen molar-refractivity contribution in [3.63, 3.8) is 0 Å². The second-order valence-corrected chi connectivity index (χ2v) is 4.14. The Bertz CT molecular complexity index is 381. The third-order valence-corrected chi connectivity index (χ3v) is 2.55. The van der Waals surface area contributed by atoms with Gasteiger partial charge in [-0.15, -0.1) is 0 Å². The molecule has 0 atom stereocenters. The molecular weight excluding hydrogens is 275 g/mol. The van der Waals surface area contributed by atoms with Crippen LogP contribution in [0.15, 0.2) is 24.3 Å². The number of benzene rings is 1. The number of nitrogens with zero attached hydrogens (tertiary/aromatic N) is 1. The lowest BCUT2D eigenvalue weighted by Crippen LogP contribution is -2.38. The Morgan fingerprint density at radius 1 is 1.10 bits per heavy atom. The van der Waals surface area contributed by atoms with Crippen molar-refractivity contribution in [2.75, 3.05) is 40.0 Å². The molecule has 20 heavy (non-hydrogen) atoms. The first kappa shape index (κ1) is 16.6.